The van der Waals surface area contributed by atoms with E-state index in [9.17, 15) is 9.59 Å². The van der Waals surface area contributed by atoms with Gasteiger partial charge in [0.1, 0.15) is 11.8 Å². The number of rotatable bonds is 11. The van der Waals surface area contributed by atoms with Crippen LogP contribution in [0, 0.1) is 5.82 Å². The molecule has 3 aliphatic rings. The van der Waals surface area contributed by atoms with Crippen LogP contribution in [0.4, 0.5) is 9.18 Å². The standard InChI is InChI=1S/C25H40FN5O6/c1-16(31(19-5-6-19)24(32)20-13-28-18(14-34-2)15-37-20)22-21(26)23(17-7-11-36-12-8-17)30(29-22)10-4-9-27-25(33)35-3/h16-20,28H,4-15H2,1-3H3,(H,27,33)/t16-,18-,20+/m0/s1. The second-order valence-electron chi connectivity index (χ2n) is 10.0. The smallest absolute Gasteiger partial charge is 0.406 e. The van der Waals surface area contributed by atoms with E-state index >= 15 is 4.39 Å². The van der Waals surface area contributed by atoms with E-state index in [-0.39, 0.29) is 35.4 Å². The van der Waals surface area contributed by atoms with Crippen molar-refractivity contribution in [1.82, 2.24) is 25.3 Å². The number of amides is 2. The molecule has 0 unspecified atom stereocenters. The van der Waals surface area contributed by atoms with Gasteiger partial charge in [0.05, 0.1) is 38.1 Å². The van der Waals surface area contributed by atoms with E-state index in [1.807, 2.05) is 6.92 Å². The fourth-order valence-electron chi connectivity index (χ4n) is 5.19. The summed E-state index contributed by atoms with van der Waals surface area (Å²) in [7, 11) is 2.95. The summed E-state index contributed by atoms with van der Waals surface area (Å²) in [6.07, 6.45) is 2.64. The van der Waals surface area contributed by atoms with E-state index in [1.54, 1.807) is 16.7 Å². The van der Waals surface area contributed by atoms with Crippen LogP contribution in [0.1, 0.15) is 62.4 Å². The minimum atomic E-state index is -0.624. The van der Waals surface area contributed by atoms with Gasteiger partial charge in [-0.25, -0.2) is 9.18 Å². The van der Waals surface area contributed by atoms with Crippen LogP contribution >= 0.6 is 0 Å². The maximum atomic E-state index is 16.1. The van der Waals surface area contributed by atoms with Crippen molar-refractivity contribution in [3.63, 3.8) is 0 Å². The van der Waals surface area contributed by atoms with Crippen LogP contribution in [0.15, 0.2) is 0 Å². The van der Waals surface area contributed by atoms with Crippen molar-refractivity contribution >= 4 is 12.0 Å². The number of nitrogens with zero attached hydrogens (tertiary/aromatic N) is 3. The molecule has 0 bridgehead atoms. The van der Waals surface area contributed by atoms with Crippen LogP contribution in [0.2, 0.25) is 0 Å². The van der Waals surface area contributed by atoms with Crippen LogP contribution in [-0.4, -0.2) is 98.6 Å². The van der Waals surface area contributed by atoms with Gasteiger partial charge >= 0.3 is 6.09 Å². The van der Waals surface area contributed by atoms with E-state index in [4.69, 9.17) is 19.3 Å². The summed E-state index contributed by atoms with van der Waals surface area (Å²) < 4.78 is 39.0. The number of hydrogen-bond acceptors (Lipinski definition) is 8. The monoisotopic (exact) mass is 525 g/mol. The number of carbonyl (C=O) groups is 2. The molecule has 0 spiro atoms. The highest BCUT2D eigenvalue weighted by Gasteiger charge is 2.43. The second kappa shape index (κ2) is 13.0. The lowest BCUT2D eigenvalue weighted by atomic mass is 9.95. The van der Waals surface area contributed by atoms with Gasteiger partial charge in [-0.1, -0.05) is 0 Å². The lowest BCUT2D eigenvalue weighted by molar-refractivity contribution is -0.150. The fraction of sp³-hybridized carbons (Fsp3) is 0.800. The van der Waals surface area contributed by atoms with Gasteiger partial charge < -0.3 is 34.5 Å². The summed E-state index contributed by atoms with van der Waals surface area (Å²) in [5.41, 5.74) is 0.841. The molecule has 208 valence electrons. The normalized spacial score (nSPS) is 23.5. The Morgan fingerprint density at radius 1 is 1.27 bits per heavy atom. The molecule has 1 aliphatic carbocycles. The first-order valence-corrected chi connectivity index (χ1v) is 13.3. The summed E-state index contributed by atoms with van der Waals surface area (Å²) in [5.74, 6) is -0.492. The molecule has 1 saturated carbocycles. The number of nitrogens with one attached hydrogen (secondary N) is 2. The van der Waals surface area contributed by atoms with Gasteiger partial charge in [0.25, 0.3) is 5.91 Å². The molecule has 3 atom stereocenters. The highest BCUT2D eigenvalue weighted by Crippen LogP contribution is 2.38. The van der Waals surface area contributed by atoms with Crippen molar-refractivity contribution in [2.24, 2.45) is 0 Å². The van der Waals surface area contributed by atoms with Gasteiger partial charge in [-0.2, -0.15) is 5.10 Å². The minimum absolute atomic E-state index is 0.00978. The maximum Gasteiger partial charge on any atom is 0.406 e. The van der Waals surface area contributed by atoms with Gasteiger partial charge in [0.15, 0.2) is 5.82 Å². The van der Waals surface area contributed by atoms with Gasteiger partial charge in [-0.15, -0.1) is 0 Å². The SMILES string of the molecule is COC[C@H]1CO[C@@H](C(=O)N(C2CC2)[C@@H](C)c2nn(CCCNC(=O)OC)c(C3CCOCC3)c2F)CN1. The first-order valence-electron chi connectivity index (χ1n) is 13.3. The third kappa shape index (κ3) is 6.78. The van der Waals surface area contributed by atoms with E-state index in [2.05, 4.69) is 15.4 Å². The Morgan fingerprint density at radius 3 is 2.65 bits per heavy atom. The zero-order valence-corrected chi connectivity index (χ0v) is 22.0. The molecule has 2 saturated heterocycles. The van der Waals surface area contributed by atoms with Crippen LogP contribution in [0.25, 0.3) is 0 Å². The molecular formula is C25H40FN5O6. The second-order valence-corrected chi connectivity index (χ2v) is 10.0. The molecule has 11 nitrogen and oxygen atoms in total. The van der Waals surface area contributed by atoms with E-state index < -0.39 is 18.2 Å². The Bertz CT molecular complexity index is 912. The Balaban J connectivity index is 1.52. The number of halogens is 1. The Labute approximate surface area is 217 Å². The van der Waals surface area contributed by atoms with Crippen LogP contribution in [-0.2, 0) is 30.3 Å². The van der Waals surface area contributed by atoms with E-state index in [0.29, 0.717) is 71.0 Å². The van der Waals surface area contributed by atoms with Crippen molar-refractivity contribution in [1.29, 1.82) is 0 Å². The number of hydrogen-bond donors (Lipinski definition) is 2. The molecule has 37 heavy (non-hydrogen) atoms. The molecule has 2 N–H and O–H groups in total. The lowest BCUT2D eigenvalue weighted by Crippen LogP contribution is -2.55. The average molecular weight is 526 g/mol. The number of alkyl carbamates (subject to hydrolysis) is 1. The summed E-state index contributed by atoms with van der Waals surface area (Å²) in [6.45, 7) is 5.11. The quantitative estimate of drug-likeness (QED) is 0.420. The third-order valence-corrected chi connectivity index (χ3v) is 7.31. The predicted molar refractivity (Wildman–Crippen MR) is 132 cm³/mol. The molecule has 0 aromatic carbocycles. The molecule has 0 radical (unpaired) electrons. The number of methoxy groups -OCH3 is 2. The molecule has 2 aliphatic heterocycles. The van der Waals surface area contributed by atoms with Crippen molar-refractivity contribution in [3.05, 3.63) is 17.2 Å². The molecule has 1 aromatic heterocycles. The zero-order valence-electron chi connectivity index (χ0n) is 22.0. The largest absolute Gasteiger partial charge is 0.453 e. The first-order chi connectivity index (χ1) is 17.9. The molecule has 3 heterocycles. The number of ether oxygens (including phenoxy) is 4. The maximum absolute atomic E-state index is 16.1. The van der Waals surface area contributed by atoms with Crippen molar-refractivity contribution in [3.8, 4) is 0 Å². The van der Waals surface area contributed by atoms with E-state index in [0.717, 1.165) is 12.8 Å². The van der Waals surface area contributed by atoms with E-state index in [1.165, 1.54) is 7.11 Å². The molecule has 12 heteroatoms. The summed E-state index contributed by atoms with van der Waals surface area (Å²) in [5, 5.41) is 10.7. The van der Waals surface area contributed by atoms with Gasteiger partial charge in [0.2, 0.25) is 0 Å². The van der Waals surface area contributed by atoms with Crippen molar-refractivity contribution < 1.29 is 32.9 Å². The molecular weight excluding hydrogens is 485 g/mol. The Kier molecular flexibility index (Phi) is 9.74. The molecule has 2 amide bonds. The first kappa shape index (κ1) is 27.7. The van der Waals surface area contributed by atoms with Gasteiger partial charge in [-0.05, 0) is 39.0 Å². The summed E-state index contributed by atoms with van der Waals surface area (Å²) >= 11 is 0. The lowest BCUT2D eigenvalue weighted by Gasteiger charge is -2.35. The fourth-order valence-corrected chi connectivity index (χ4v) is 5.19. The zero-order chi connectivity index (χ0) is 26.4. The highest BCUT2D eigenvalue weighted by atomic mass is 19.1. The third-order valence-electron chi connectivity index (χ3n) is 7.31. The Hall–Kier alpha value is -2.28. The minimum Gasteiger partial charge on any atom is -0.453 e. The van der Waals surface area contributed by atoms with Crippen LogP contribution in [0.5, 0.6) is 0 Å². The number of carbonyl (C=O) groups excluding carboxylic acids is 2. The van der Waals surface area contributed by atoms with Crippen molar-refractivity contribution in [2.75, 3.05) is 53.7 Å². The Morgan fingerprint density at radius 2 is 2.03 bits per heavy atom. The number of morpholine rings is 1. The predicted octanol–water partition coefficient (Wildman–Crippen LogP) is 1.72. The summed E-state index contributed by atoms with van der Waals surface area (Å²) in [6, 6.07) is -0.429. The van der Waals surface area contributed by atoms with Gasteiger partial charge in [-0.3, -0.25) is 9.48 Å². The van der Waals surface area contributed by atoms with Gasteiger partial charge in [0, 0.05) is 51.9 Å². The average Bonchev–Trinajstić information content (AvgIpc) is 3.69. The number of aryl methyl sites for hydroxylation is 1. The molecule has 3 fully saturated rings. The summed E-state index contributed by atoms with van der Waals surface area (Å²) in [4.78, 5) is 26.7. The molecule has 1 aromatic rings. The van der Waals surface area contributed by atoms with Crippen molar-refractivity contribution in [2.45, 2.75) is 75.7 Å². The topological polar surface area (TPSA) is 116 Å². The molecule has 4 rings (SSSR count). The van der Waals surface area contributed by atoms with Crippen LogP contribution < -0.4 is 10.6 Å². The number of aromatic nitrogens is 2. The van der Waals surface area contributed by atoms with Crippen LogP contribution in [0.3, 0.4) is 0 Å². The highest BCUT2D eigenvalue weighted by molar-refractivity contribution is 5.82.